The topological polar surface area (TPSA) is 0 Å². The van der Waals surface area contributed by atoms with Gasteiger partial charge in [0.2, 0.25) is 0 Å². The van der Waals surface area contributed by atoms with Gasteiger partial charge in [-0.25, -0.2) is 17.6 Å². The minimum Gasteiger partial charge on any atom is -0.204 e. The first-order valence-electron chi connectivity index (χ1n) is 4.71. The largest absolute Gasteiger partial charge is 0.204 e. The molecule has 0 radical (unpaired) electrons. The number of hydrogen-bond acceptors (Lipinski definition) is 0. The van der Waals surface area contributed by atoms with Gasteiger partial charge in [-0.05, 0) is 12.1 Å². The molecule has 0 heterocycles. The Bertz CT molecular complexity index is 626. The summed E-state index contributed by atoms with van der Waals surface area (Å²) < 4.78 is 52.6. The van der Waals surface area contributed by atoms with Crippen molar-refractivity contribution in [3.8, 4) is 11.1 Å². The molecular formula is C12H4Cl2F4. The number of rotatable bonds is 1. The molecule has 0 aromatic heterocycles. The fraction of sp³-hybridized carbons (Fsp3) is 0. The van der Waals surface area contributed by atoms with Crippen molar-refractivity contribution in [2.45, 2.75) is 0 Å². The monoisotopic (exact) mass is 294 g/mol. The average molecular weight is 295 g/mol. The first-order valence-corrected chi connectivity index (χ1v) is 5.46. The van der Waals surface area contributed by atoms with Crippen molar-refractivity contribution in [3.63, 3.8) is 0 Å². The predicted octanol–water partition coefficient (Wildman–Crippen LogP) is 5.22. The van der Waals surface area contributed by atoms with Gasteiger partial charge in [0.15, 0.2) is 23.3 Å². The van der Waals surface area contributed by atoms with Crippen LogP contribution >= 0.6 is 23.2 Å². The first-order chi connectivity index (χ1) is 8.43. The van der Waals surface area contributed by atoms with Gasteiger partial charge in [0.1, 0.15) is 0 Å². The van der Waals surface area contributed by atoms with Crippen LogP contribution in [0.1, 0.15) is 0 Å². The van der Waals surface area contributed by atoms with Crippen molar-refractivity contribution in [2.75, 3.05) is 0 Å². The molecule has 2 rings (SSSR count). The van der Waals surface area contributed by atoms with Crippen molar-refractivity contribution < 1.29 is 17.6 Å². The lowest BCUT2D eigenvalue weighted by Crippen LogP contribution is -1.98. The molecule has 0 saturated carbocycles. The molecule has 0 aliphatic carbocycles. The Kier molecular flexibility index (Phi) is 3.50. The molecule has 0 aliphatic rings. The predicted molar refractivity (Wildman–Crippen MR) is 61.7 cm³/mol. The summed E-state index contributed by atoms with van der Waals surface area (Å²) in [7, 11) is 0. The van der Waals surface area contributed by atoms with Crippen molar-refractivity contribution in [2.24, 2.45) is 0 Å². The molecule has 2 aromatic carbocycles. The van der Waals surface area contributed by atoms with Crippen LogP contribution in [0.3, 0.4) is 0 Å². The van der Waals surface area contributed by atoms with Gasteiger partial charge in [-0.15, -0.1) is 0 Å². The highest BCUT2D eigenvalue weighted by molar-refractivity contribution is 6.43. The van der Waals surface area contributed by atoms with Crippen LogP contribution < -0.4 is 0 Å². The zero-order valence-electron chi connectivity index (χ0n) is 8.58. The van der Waals surface area contributed by atoms with E-state index in [4.69, 9.17) is 23.2 Å². The third-order valence-electron chi connectivity index (χ3n) is 2.34. The standard InChI is InChI=1S/C12H4Cl2F4/c13-7-3-1-2-5(9(7)14)6-4-8(15)11(17)12(18)10(6)16/h1-4H. The van der Waals surface area contributed by atoms with Crippen molar-refractivity contribution in [1.82, 2.24) is 0 Å². The molecule has 0 bridgehead atoms. The Morgan fingerprint density at radius 2 is 1.44 bits per heavy atom. The molecule has 0 unspecified atom stereocenters. The summed E-state index contributed by atoms with van der Waals surface area (Å²) in [6.07, 6.45) is 0. The molecule has 18 heavy (non-hydrogen) atoms. The minimum atomic E-state index is -1.89. The van der Waals surface area contributed by atoms with Crippen molar-refractivity contribution in [3.05, 3.63) is 57.6 Å². The van der Waals surface area contributed by atoms with Gasteiger partial charge in [0.25, 0.3) is 0 Å². The third kappa shape index (κ3) is 2.06. The van der Waals surface area contributed by atoms with Crippen LogP contribution in [0.5, 0.6) is 0 Å². The summed E-state index contributed by atoms with van der Waals surface area (Å²) in [6.45, 7) is 0. The van der Waals surface area contributed by atoms with Gasteiger partial charge < -0.3 is 0 Å². The summed E-state index contributed by atoms with van der Waals surface area (Å²) in [5.41, 5.74) is -0.502. The zero-order valence-corrected chi connectivity index (χ0v) is 10.1. The van der Waals surface area contributed by atoms with Gasteiger partial charge in [0.05, 0.1) is 10.0 Å². The molecule has 0 nitrogen and oxygen atoms in total. The molecule has 0 fully saturated rings. The number of hydrogen-bond donors (Lipinski definition) is 0. The Balaban J connectivity index is 2.76. The summed E-state index contributed by atoms with van der Waals surface area (Å²) in [6, 6.07) is 4.72. The molecule has 0 amide bonds. The van der Waals surface area contributed by atoms with Gasteiger partial charge in [0, 0.05) is 11.1 Å². The Morgan fingerprint density at radius 3 is 2.11 bits per heavy atom. The van der Waals surface area contributed by atoms with E-state index in [1.165, 1.54) is 18.2 Å². The third-order valence-corrected chi connectivity index (χ3v) is 3.16. The van der Waals surface area contributed by atoms with E-state index in [0.29, 0.717) is 6.07 Å². The highest BCUT2D eigenvalue weighted by Crippen LogP contribution is 2.36. The SMILES string of the molecule is Fc1cc(-c2cccc(Cl)c2Cl)c(F)c(F)c1F. The lowest BCUT2D eigenvalue weighted by Gasteiger charge is -2.08. The molecule has 0 saturated heterocycles. The quantitative estimate of drug-likeness (QED) is 0.384. The summed E-state index contributed by atoms with van der Waals surface area (Å²) in [5, 5.41) is 0.0298. The smallest absolute Gasteiger partial charge is 0.198 e. The lowest BCUT2D eigenvalue weighted by molar-refractivity contribution is 0.411. The molecule has 6 heteroatoms. The molecule has 0 aliphatic heterocycles. The fourth-order valence-corrected chi connectivity index (χ4v) is 1.88. The summed E-state index contributed by atoms with van der Waals surface area (Å²) in [4.78, 5) is 0. The van der Waals surface area contributed by atoms with E-state index in [9.17, 15) is 17.6 Å². The van der Waals surface area contributed by atoms with Crippen LogP contribution in [0.15, 0.2) is 24.3 Å². The van der Waals surface area contributed by atoms with Crippen molar-refractivity contribution in [1.29, 1.82) is 0 Å². The second-order valence-electron chi connectivity index (χ2n) is 3.45. The van der Waals surface area contributed by atoms with E-state index in [2.05, 4.69) is 0 Å². The van der Waals surface area contributed by atoms with Crippen LogP contribution in [-0.4, -0.2) is 0 Å². The van der Waals surface area contributed by atoms with Crippen LogP contribution in [0.4, 0.5) is 17.6 Å². The van der Waals surface area contributed by atoms with Gasteiger partial charge in [-0.3, -0.25) is 0 Å². The van der Waals surface area contributed by atoms with E-state index in [1.54, 1.807) is 0 Å². The number of benzene rings is 2. The maximum Gasteiger partial charge on any atom is 0.198 e. The van der Waals surface area contributed by atoms with Gasteiger partial charge in [-0.2, -0.15) is 0 Å². The van der Waals surface area contributed by atoms with E-state index < -0.39 is 28.8 Å². The molecule has 2 aromatic rings. The lowest BCUT2D eigenvalue weighted by atomic mass is 10.0. The maximum atomic E-state index is 13.6. The van der Waals surface area contributed by atoms with E-state index >= 15 is 0 Å². The van der Waals surface area contributed by atoms with Crippen LogP contribution in [0.2, 0.25) is 10.0 Å². The maximum absolute atomic E-state index is 13.6. The van der Waals surface area contributed by atoms with E-state index in [-0.39, 0.29) is 15.6 Å². The Morgan fingerprint density at radius 1 is 0.778 bits per heavy atom. The first kappa shape index (κ1) is 13.2. The fourth-order valence-electron chi connectivity index (χ4n) is 1.48. The normalized spacial score (nSPS) is 10.8. The van der Waals surface area contributed by atoms with Gasteiger partial charge >= 0.3 is 0 Å². The average Bonchev–Trinajstić information content (AvgIpc) is 2.35. The zero-order chi connectivity index (χ0) is 13.4. The highest BCUT2D eigenvalue weighted by atomic mass is 35.5. The highest BCUT2D eigenvalue weighted by Gasteiger charge is 2.21. The Hall–Kier alpha value is -1.26. The summed E-state index contributed by atoms with van der Waals surface area (Å²) >= 11 is 11.5. The van der Waals surface area contributed by atoms with E-state index in [1.807, 2.05) is 0 Å². The van der Waals surface area contributed by atoms with Crippen molar-refractivity contribution >= 4 is 23.2 Å². The molecular weight excluding hydrogens is 291 g/mol. The molecule has 0 atom stereocenters. The van der Waals surface area contributed by atoms with Crippen LogP contribution in [0.25, 0.3) is 11.1 Å². The number of halogens is 6. The second kappa shape index (κ2) is 4.78. The second-order valence-corrected chi connectivity index (χ2v) is 4.23. The molecule has 0 N–H and O–H groups in total. The minimum absolute atomic E-state index is 0.0144. The van der Waals surface area contributed by atoms with Gasteiger partial charge in [-0.1, -0.05) is 35.3 Å². The van der Waals surface area contributed by atoms with Crippen LogP contribution in [-0.2, 0) is 0 Å². The van der Waals surface area contributed by atoms with Crippen LogP contribution in [0, 0.1) is 23.3 Å². The van der Waals surface area contributed by atoms with E-state index in [0.717, 1.165) is 0 Å². The molecule has 94 valence electrons. The molecule has 0 spiro atoms. The summed E-state index contributed by atoms with van der Waals surface area (Å²) in [5.74, 6) is -6.77. The Labute approximate surface area is 110 Å².